The lowest BCUT2D eigenvalue weighted by Gasteiger charge is -2.08. The molecule has 0 spiro atoms. The Labute approximate surface area is 104 Å². The highest BCUT2D eigenvalue weighted by Crippen LogP contribution is 2.25. The molecule has 0 aliphatic carbocycles. The third-order valence-corrected chi connectivity index (χ3v) is 3.97. The molecule has 1 aromatic heterocycles. The van der Waals surface area contributed by atoms with Crippen molar-refractivity contribution in [3.63, 3.8) is 0 Å². The van der Waals surface area contributed by atoms with E-state index < -0.39 is 0 Å². The van der Waals surface area contributed by atoms with Gasteiger partial charge in [-0.25, -0.2) is 4.98 Å². The maximum Gasteiger partial charge on any atom is 0.112 e. The molecular weight excluding hydrogens is 236 g/mol. The quantitative estimate of drug-likeness (QED) is 0.836. The summed E-state index contributed by atoms with van der Waals surface area (Å²) < 4.78 is 0. The molecule has 0 atom stereocenters. The summed E-state index contributed by atoms with van der Waals surface area (Å²) in [5, 5.41) is 6.63. The van der Waals surface area contributed by atoms with E-state index in [4.69, 9.17) is 0 Å². The third kappa shape index (κ3) is 2.77. The van der Waals surface area contributed by atoms with Crippen LogP contribution in [0, 0.1) is 6.92 Å². The number of hydrogen-bond acceptors (Lipinski definition) is 4. The highest BCUT2D eigenvalue weighted by molar-refractivity contribution is 7.98. The highest BCUT2D eigenvalue weighted by Gasteiger charge is 2.01. The molecule has 2 nitrogen and oxygen atoms in total. The van der Waals surface area contributed by atoms with Crippen molar-refractivity contribution in [2.45, 2.75) is 18.4 Å². The van der Waals surface area contributed by atoms with Gasteiger partial charge in [-0.1, -0.05) is 12.1 Å². The van der Waals surface area contributed by atoms with Crippen LogP contribution >= 0.6 is 23.1 Å². The summed E-state index contributed by atoms with van der Waals surface area (Å²) in [4.78, 5) is 5.70. The van der Waals surface area contributed by atoms with Crippen LogP contribution in [-0.2, 0) is 6.54 Å². The van der Waals surface area contributed by atoms with E-state index in [0.29, 0.717) is 0 Å². The Morgan fingerprint density at radius 2 is 2.19 bits per heavy atom. The molecule has 2 aromatic rings. The molecule has 1 aromatic carbocycles. The number of hydrogen-bond donors (Lipinski definition) is 1. The topological polar surface area (TPSA) is 24.9 Å². The first-order chi connectivity index (χ1) is 7.79. The number of rotatable bonds is 4. The number of aromatic nitrogens is 1. The molecule has 1 N–H and O–H groups in total. The Bertz CT molecular complexity index is 466. The minimum Gasteiger partial charge on any atom is -0.378 e. The van der Waals surface area contributed by atoms with Gasteiger partial charge in [0.1, 0.15) is 5.01 Å². The molecule has 0 bridgehead atoms. The standard InChI is InChI=1S/C12H14N2S2/c1-9-8-16-12(14-9)7-13-10-5-3-4-6-11(10)15-2/h3-6,8,13H,7H2,1-2H3. The summed E-state index contributed by atoms with van der Waals surface area (Å²) in [6.07, 6.45) is 2.09. The maximum absolute atomic E-state index is 4.43. The van der Waals surface area contributed by atoms with Crippen LogP contribution in [0.1, 0.15) is 10.7 Å². The Kier molecular flexibility index (Phi) is 3.85. The SMILES string of the molecule is CSc1ccccc1NCc1nc(C)cs1. The predicted octanol–water partition coefficient (Wildman–Crippen LogP) is 3.79. The number of thiazole rings is 1. The number of para-hydroxylation sites is 1. The first-order valence-electron chi connectivity index (χ1n) is 5.07. The van der Waals surface area contributed by atoms with Crippen LogP contribution in [-0.4, -0.2) is 11.2 Å². The summed E-state index contributed by atoms with van der Waals surface area (Å²) >= 11 is 3.46. The molecule has 0 radical (unpaired) electrons. The molecule has 2 rings (SSSR count). The number of benzene rings is 1. The molecule has 84 valence electrons. The van der Waals surface area contributed by atoms with Gasteiger partial charge in [0.15, 0.2) is 0 Å². The zero-order valence-corrected chi connectivity index (χ0v) is 11.0. The van der Waals surface area contributed by atoms with E-state index in [1.165, 1.54) is 10.6 Å². The average molecular weight is 250 g/mol. The second-order valence-electron chi connectivity index (χ2n) is 3.44. The normalized spacial score (nSPS) is 10.4. The van der Waals surface area contributed by atoms with Crippen LogP contribution in [0.5, 0.6) is 0 Å². The molecule has 0 unspecified atom stereocenters. The molecule has 4 heteroatoms. The highest BCUT2D eigenvalue weighted by atomic mass is 32.2. The van der Waals surface area contributed by atoms with Gasteiger partial charge in [0.25, 0.3) is 0 Å². The fourth-order valence-electron chi connectivity index (χ4n) is 1.45. The zero-order chi connectivity index (χ0) is 11.4. The largest absolute Gasteiger partial charge is 0.378 e. The van der Waals surface area contributed by atoms with Crippen LogP contribution in [0.25, 0.3) is 0 Å². The van der Waals surface area contributed by atoms with Crippen LogP contribution in [0.4, 0.5) is 5.69 Å². The van der Waals surface area contributed by atoms with Crippen LogP contribution in [0.15, 0.2) is 34.5 Å². The lowest BCUT2D eigenvalue weighted by Crippen LogP contribution is -1.99. The van der Waals surface area contributed by atoms with Crippen molar-refractivity contribution in [2.75, 3.05) is 11.6 Å². The number of aryl methyl sites for hydroxylation is 1. The Morgan fingerprint density at radius 1 is 1.38 bits per heavy atom. The second-order valence-corrected chi connectivity index (χ2v) is 5.23. The van der Waals surface area contributed by atoms with Gasteiger partial charge in [-0.05, 0) is 25.3 Å². The van der Waals surface area contributed by atoms with Gasteiger partial charge in [0.05, 0.1) is 6.54 Å². The number of nitrogens with zero attached hydrogens (tertiary/aromatic N) is 1. The Morgan fingerprint density at radius 3 is 2.88 bits per heavy atom. The monoisotopic (exact) mass is 250 g/mol. The van der Waals surface area contributed by atoms with E-state index in [1.807, 2.05) is 6.92 Å². The summed E-state index contributed by atoms with van der Waals surface area (Å²) in [7, 11) is 0. The first-order valence-corrected chi connectivity index (χ1v) is 7.18. The van der Waals surface area contributed by atoms with Gasteiger partial charge in [0, 0.05) is 21.7 Å². The number of nitrogens with one attached hydrogen (secondary N) is 1. The van der Waals surface area contributed by atoms with E-state index in [1.54, 1.807) is 23.1 Å². The Balaban J connectivity index is 2.04. The molecule has 16 heavy (non-hydrogen) atoms. The maximum atomic E-state index is 4.43. The third-order valence-electron chi connectivity index (χ3n) is 2.20. The zero-order valence-electron chi connectivity index (χ0n) is 9.36. The van der Waals surface area contributed by atoms with Crippen molar-refractivity contribution in [3.05, 3.63) is 40.3 Å². The van der Waals surface area contributed by atoms with Gasteiger partial charge in [-0.3, -0.25) is 0 Å². The molecular formula is C12H14N2S2. The van der Waals surface area contributed by atoms with Crippen LogP contribution < -0.4 is 5.32 Å². The van der Waals surface area contributed by atoms with Gasteiger partial charge < -0.3 is 5.32 Å². The van der Waals surface area contributed by atoms with E-state index in [-0.39, 0.29) is 0 Å². The number of thioether (sulfide) groups is 1. The molecule has 0 aliphatic heterocycles. The van der Waals surface area contributed by atoms with E-state index in [2.05, 4.69) is 46.2 Å². The first kappa shape index (κ1) is 11.5. The fourth-order valence-corrected chi connectivity index (χ4v) is 2.73. The van der Waals surface area contributed by atoms with E-state index in [0.717, 1.165) is 17.2 Å². The lowest BCUT2D eigenvalue weighted by molar-refractivity contribution is 1.07. The van der Waals surface area contributed by atoms with Crippen molar-refractivity contribution >= 4 is 28.8 Å². The van der Waals surface area contributed by atoms with Crippen molar-refractivity contribution in [3.8, 4) is 0 Å². The molecule has 0 fully saturated rings. The van der Waals surface area contributed by atoms with Gasteiger partial charge in [0.2, 0.25) is 0 Å². The predicted molar refractivity (Wildman–Crippen MR) is 72.4 cm³/mol. The Hall–Kier alpha value is -1.00. The molecule has 0 saturated heterocycles. The average Bonchev–Trinajstić information content (AvgIpc) is 2.73. The minimum atomic E-state index is 0.802. The molecule has 1 heterocycles. The number of anilines is 1. The summed E-state index contributed by atoms with van der Waals surface area (Å²) in [6, 6.07) is 8.34. The van der Waals surface area contributed by atoms with E-state index >= 15 is 0 Å². The van der Waals surface area contributed by atoms with Gasteiger partial charge >= 0.3 is 0 Å². The second kappa shape index (κ2) is 5.37. The summed E-state index contributed by atoms with van der Waals surface area (Å²) in [5.41, 5.74) is 2.28. The van der Waals surface area contributed by atoms with Crippen molar-refractivity contribution in [1.82, 2.24) is 4.98 Å². The van der Waals surface area contributed by atoms with Crippen LogP contribution in [0.3, 0.4) is 0 Å². The van der Waals surface area contributed by atoms with Crippen LogP contribution in [0.2, 0.25) is 0 Å². The van der Waals surface area contributed by atoms with Gasteiger partial charge in [-0.15, -0.1) is 23.1 Å². The van der Waals surface area contributed by atoms with Crippen molar-refractivity contribution in [2.24, 2.45) is 0 Å². The van der Waals surface area contributed by atoms with Crippen molar-refractivity contribution in [1.29, 1.82) is 0 Å². The summed E-state index contributed by atoms with van der Waals surface area (Å²) in [5.74, 6) is 0. The smallest absolute Gasteiger partial charge is 0.112 e. The lowest BCUT2D eigenvalue weighted by atomic mass is 10.3. The molecule has 0 amide bonds. The van der Waals surface area contributed by atoms with Gasteiger partial charge in [-0.2, -0.15) is 0 Å². The minimum absolute atomic E-state index is 0.802. The van der Waals surface area contributed by atoms with E-state index in [9.17, 15) is 0 Å². The van der Waals surface area contributed by atoms with Crippen molar-refractivity contribution < 1.29 is 0 Å². The molecule has 0 aliphatic rings. The molecule has 0 saturated carbocycles. The summed E-state index contributed by atoms with van der Waals surface area (Å²) in [6.45, 7) is 2.83. The fraction of sp³-hybridized carbons (Fsp3) is 0.250.